The molecule has 1 unspecified atom stereocenters. The molecule has 0 amide bonds. The molecule has 4 rings (SSSR count). The highest BCUT2D eigenvalue weighted by Crippen LogP contribution is 2.32. The van der Waals surface area contributed by atoms with Gasteiger partial charge in [-0.25, -0.2) is 14.0 Å². The van der Waals surface area contributed by atoms with E-state index in [0.29, 0.717) is 32.6 Å². The summed E-state index contributed by atoms with van der Waals surface area (Å²) in [7, 11) is -1.67. The van der Waals surface area contributed by atoms with E-state index in [2.05, 4.69) is 9.71 Å². The molecule has 2 aromatic heterocycles. The molecule has 2 N–H and O–H groups in total. The summed E-state index contributed by atoms with van der Waals surface area (Å²) >= 11 is 7.40. The molecular formula is C21H15ClN2O4S2. The van der Waals surface area contributed by atoms with Crippen LogP contribution in [0, 0.1) is 0 Å². The van der Waals surface area contributed by atoms with Crippen molar-refractivity contribution >= 4 is 57.0 Å². The summed E-state index contributed by atoms with van der Waals surface area (Å²) in [5.74, 6) is -0.608. The zero-order valence-electron chi connectivity index (χ0n) is 15.4. The van der Waals surface area contributed by atoms with Gasteiger partial charge in [-0.2, -0.15) is 0 Å². The van der Waals surface area contributed by atoms with Gasteiger partial charge in [-0.05, 0) is 23.8 Å². The lowest BCUT2D eigenvalue weighted by molar-refractivity contribution is 0.0696. The quantitative estimate of drug-likeness (QED) is 0.350. The minimum absolute atomic E-state index is 0.235. The molecule has 0 radical (unpaired) electrons. The van der Waals surface area contributed by atoms with Crippen molar-refractivity contribution in [3.63, 3.8) is 0 Å². The highest BCUT2D eigenvalue weighted by Gasteiger charge is 2.16. The number of pyridine rings is 1. The number of carboxylic acid groups (broad SMARTS) is 1. The Balaban J connectivity index is 1.56. The second-order valence-corrected chi connectivity index (χ2v) is 8.78. The van der Waals surface area contributed by atoms with Crippen molar-refractivity contribution in [3.8, 4) is 0 Å². The third-order valence-corrected chi connectivity index (χ3v) is 6.45. The third-order valence-electron chi connectivity index (χ3n) is 4.22. The number of aromatic carboxylic acids is 1. The van der Waals surface area contributed by atoms with E-state index in [1.165, 1.54) is 18.0 Å². The molecule has 0 aliphatic carbocycles. The van der Waals surface area contributed by atoms with Crippen molar-refractivity contribution in [1.82, 2.24) is 4.98 Å². The number of thioether (sulfide) groups is 1. The third kappa shape index (κ3) is 4.51. The lowest BCUT2D eigenvalue weighted by atomic mass is 10.1. The zero-order valence-corrected chi connectivity index (χ0v) is 17.8. The fourth-order valence-corrected chi connectivity index (χ4v) is 4.83. The van der Waals surface area contributed by atoms with E-state index in [1.54, 1.807) is 42.5 Å². The summed E-state index contributed by atoms with van der Waals surface area (Å²) in [6.07, 6.45) is 1.49. The Labute approximate surface area is 183 Å². The first-order valence-corrected chi connectivity index (χ1v) is 11.3. The van der Waals surface area contributed by atoms with Crippen molar-refractivity contribution in [2.75, 3.05) is 4.72 Å². The number of hydrogen-bond acceptors (Lipinski definition) is 5. The van der Waals surface area contributed by atoms with Gasteiger partial charge in [0.2, 0.25) is 5.09 Å². The number of benzene rings is 2. The SMILES string of the molecule is O=C(O)c1ccccc1CSc1ncc(Cl)cc1NS(=O)c1cc2ccccc2o1. The van der Waals surface area contributed by atoms with Gasteiger partial charge in [0, 0.05) is 23.4 Å². The summed E-state index contributed by atoms with van der Waals surface area (Å²) in [6.45, 7) is 0. The van der Waals surface area contributed by atoms with Gasteiger partial charge in [0.25, 0.3) is 0 Å². The van der Waals surface area contributed by atoms with Crippen molar-refractivity contribution < 1.29 is 18.5 Å². The number of halogens is 1. The van der Waals surface area contributed by atoms with Crippen LogP contribution in [0.5, 0.6) is 0 Å². The molecule has 0 saturated heterocycles. The summed E-state index contributed by atoms with van der Waals surface area (Å²) in [5, 5.41) is 11.4. The second-order valence-electron chi connectivity index (χ2n) is 6.23. The Morgan fingerprint density at radius 3 is 2.73 bits per heavy atom. The van der Waals surface area contributed by atoms with Crippen LogP contribution in [0.4, 0.5) is 5.69 Å². The van der Waals surface area contributed by atoms with E-state index in [-0.39, 0.29) is 10.7 Å². The number of furan rings is 1. The molecule has 152 valence electrons. The Morgan fingerprint density at radius 1 is 1.17 bits per heavy atom. The highest BCUT2D eigenvalue weighted by molar-refractivity contribution is 7.98. The normalized spacial score (nSPS) is 12.0. The molecule has 0 aliphatic rings. The number of rotatable bonds is 7. The van der Waals surface area contributed by atoms with Crippen LogP contribution in [0.3, 0.4) is 0 Å². The first-order chi connectivity index (χ1) is 14.5. The first kappa shape index (κ1) is 20.5. The molecule has 6 nitrogen and oxygen atoms in total. The van der Waals surface area contributed by atoms with E-state index in [4.69, 9.17) is 16.0 Å². The van der Waals surface area contributed by atoms with E-state index in [0.717, 1.165) is 5.39 Å². The maximum atomic E-state index is 12.8. The van der Waals surface area contributed by atoms with Gasteiger partial charge in [-0.1, -0.05) is 59.8 Å². The van der Waals surface area contributed by atoms with Crippen molar-refractivity contribution in [3.05, 3.63) is 83.0 Å². The van der Waals surface area contributed by atoms with Gasteiger partial charge >= 0.3 is 5.97 Å². The molecule has 1 atom stereocenters. The standard InChI is InChI=1S/C21H15ClN2O4S2/c22-15-10-17(24-30(27)19-9-13-5-2-4-8-18(13)28-19)20(23-11-15)29-12-14-6-1-3-7-16(14)21(25)26/h1-11,24H,12H2,(H,25,26). The molecule has 0 spiro atoms. The monoisotopic (exact) mass is 458 g/mol. The zero-order chi connectivity index (χ0) is 21.1. The van der Waals surface area contributed by atoms with Crippen LogP contribution in [0.1, 0.15) is 15.9 Å². The Kier molecular flexibility index (Phi) is 6.08. The summed E-state index contributed by atoms with van der Waals surface area (Å²) in [5.41, 5.74) is 2.02. The second kappa shape index (κ2) is 8.91. The summed E-state index contributed by atoms with van der Waals surface area (Å²) in [6, 6.07) is 17.5. The van der Waals surface area contributed by atoms with Crippen molar-refractivity contribution in [2.45, 2.75) is 15.9 Å². The fraction of sp³-hybridized carbons (Fsp3) is 0.0476. The number of para-hydroxylation sites is 1. The van der Waals surface area contributed by atoms with Crippen LogP contribution in [-0.4, -0.2) is 20.3 Å². The van der Waals surface area contributed by atoms with Gasteiger partial charge in [0.05, 0.1) is 16.3 Å². The molecule has 0 aliphatic heterocycles. The predicted molar refractivity (Wildman–Crippen MR) is 118 cm³/mol. The number of aromatic nitrogens is 1. The highest BCUT2D eigenvalue weighted by atomic mass is 35.5. The smallest absolute Gasteiger partial charge is 0.335 e. The molecule has 30 heavy (non-hydrogen) atoms. The average molecular weight is 459 g/mol. The molecule has 0 saturated carbocycles. The van der Waals surface area contributed by atoms with Crippen molar-refractivity contribution in [1.29, 1.82) is 0 Å². The number of anilines is 1. The minimum atomic E-state index is -1.67. The number of fused-ring (bicyclic) bond motifs is 1. The van der Waals surface area contributed by atoms with E-state index < -0.39 is 17.0 Å². The van der Waals surface area contributed by atoms with Crippen LogP contribution >= 0.6 is 23.4 Å². The molecule has 9 heteroatoms. The van der Waals surface area contributed by atoms with Gasteiger partial charge < -0.3 is 9.52 Å². The maximum absolute atomic E-state index is 12.8. The fourth-order valence-electron chi connectivity index (χ4n) is 2.81. The average Bonchev–Trinajstić information content (AvgIpc) is 3.18. The van der Waals surface area contributed by atoms with E-state index in [1.807, 2.05) is 18.2 Å². The van der Waals surface area contributed by atoms with Crippen LogP contribution < -0.4 is 4.72 Å². The van der Waals surface area contributed by atoms with Gasteiger partial charge in [-0.3, -0.25) is 4.72 Å². The molecule has 0 bridgehead atoms. The summed E-state index contributed by atoms with van der Waals surface area (Å²) in [4.78, 5) is 15.7. The van der Waals surface area contributed by atoms with Crippen LogP contribution in [-0.2, 0) is 16.7 Å². The Bertz CT molecular complexity index is 1230. The molecule has 2 heterocycles. The number of carbonyl (C=O) groups is 1. The number of carboxylic acids is 1. The van der Waals surface area contributed by atoms with E-state index >= 15 is 0 Å². The largest absolute Gasteiger partial charge is 0.478 e. The Morgan fingerprint density at radius 2 is 1.93 bits per heavy atom. The lowest BCUT2D eigenvalue weighted by Crippen LogP contribution is -2.06. The number of nitrogens with zero attached hydrogens (tertiary/aromatic N) is 1. The van der Waals surface area contributed by atoms with E-state index in [9.17, 15) is 14.1 Å². The predicted octanol–water partition coefficient (Wildman–Crippen LogP) is 5.61. The Hall–Kier alpha value is -2.81. The number of nitrogens with one attached hydrogen (secondary N) is 1. The molecular weight excluding hydrogens is 444 g/mol. The van der Waals surface area contributed by atoms with Gasteiger partial charge in [0.15, 0.2) is 11.0 Å². The number of hydrogen-bond donors (Lipinski definition) is 2. The molecule has 0 fully saturated rings. The van der Waals surface area contributed by atoms with Gasteiger partial charge in [-0.15, -0.1) is 0 Å². The lowest BCUT2D eigenvalue weighted by Gasteiger charge is -2.11. The minimum Gasteiger partial charge on any atom is -0.478 e. The molecule has 4 aromatic rings. The maximum Gasteiger partial charge on any atom is 0.335 e. The van der Waals surface area contributed by atoms with Crippen LogP contribution in [0.15, 0.2) is 81.4 Å². The first-order valence-electron chi connectivity index (χ1n) is 8.78. The van der Waals surface area contributed by atoms with Crippen LogP contribution in [0.2, 0.25) is 5.02 Å². The molecule has 2 aromatic carbocycles. The van der Waals surface area contributed by atoms with Crippen LogP contribution in [0.25, 0.3) is 11.0 Å². The topological polar surface area (TPSA) is 92.4 Å². The van der Waals surface area contributed by atoms with Gasteiger partial charge in [0.1, 0.15) is 10.6 Å². The summed E-state index contributed by atoms with van der Waals surface area (Å²) < 4.78 is 21.4. The van der Waals surface area contributed by atoms with Crippen molar-refractivity contribution in [2.24, 2.45) is 0 Å².